The molecule has 54 heavy (non-hydrogen) atoms. The predicted molar refractivity (Wildman–Crippen MR) is 233 cm³/mol. The maximum Gasteiger partial charge on any atom is 0.143 e. The zero-order chi connectivity index (χ0) is 35.3. The van der Waals surface area contributed by atoms with E-state index in [2.05, 4.69) is 182 Å². The Morgan fingerprint density at radius 1 is 0.352 bits per heavy atom. The van der Waals surface area contributed by atoms with Crippen molar-refractivity contribution in [2.45, 2.75) is 0 Å². The molecule has 0 aliphatic rings. The molecule has 0 bridgehead atoms. The van der Waals surface area contributed by atoms with Crippen molar-refractivity contribution in [3.8, 4) is 33.4 Å². The number of rotatable bonds is 3. The zero-order valence-electron chi connectivity index (χ0n) is 29.1. The third-order valence-corrected chi connectivity index (χ3v) is 12.6. The smallest absolute Gasteiger partial charge is 0.143 e. The molecule has 12 aromatic rings. The zero-order valence-corrected chi connectivity index (χ0v) is 30.0. The standard InChI is InChI=1S/C52H30OS/c1-2-14-31(15-3-1)48-38-24-12-22-36(44-28-32-16-4-6-18-34(32)51-49(44)40-20-8-10-26-46(40)53-51)42(38)30-43-37(23-13-25-39(43)48)45-29-33-17-5-7-19-35(33)52-50(45)41-21-9-11-27-47(41)54-52/h1-30H. The number of hydrogen-bond acceptors (Lipinski definition) is 2. The van der Waals surface area contributed by atoms with Crippen LogP contribution in [0.25, 0.3) is 119 Å². The lowest BCUT2D eigenvalue weighted by atomic mass is 9.84. The second-order valence-corrected chi connectivity index (χ2v) is 15.4. The molecule has 2 aromatic heterocycles. The van der Waals surface area contributed by atoms with Crippen molar-refractivity contribution < 1.29 is 4.42 Å². The van der Waals surface area contributed by atoms with Crippen LogP contribution in [0.2, 0.25) is 0 Å². The summed E-state index contributed by atoms with van der Waals surface area (Å²) in [5.41, 5.74) is 9.23. The SMILES string of the molecule is c1ccc(-c2c3cccc(-c4cc5ccccc5c5oc6ccccc6c45)c3cc3c(-c4cc5ccccc5c5sc6ccccc6c45)cccc23)cc1. The first kappa shape index (κ1) is 29.8. The van der Waals surface area contributed by atoms with Crippen LogP contribution in [0, 0.1) is 0 Å². The number of hydrogen-bond donors (Lipinski definition) is 0. The summed E-state index contributed by atoms with van der Waals surface area (Å²) in [4.78, 5) is 0. The number of fused-ring (bicyclic) bond motifs is 12. The number of benzene rings is 10. The number of furan rings is 1. The van der Waals surface area contributed by atoms with Gasteiger partial charge in [0.05, 0.1) is 0 Å². The van der Waals surface area contributed by atoms with E-state index in [4.69, 9.17) is 4.42 Å². The second-order valence-electron chi connectivity index (χ2n) is 14.3. The molecule has 0 saturated heterocycles. The van der Waals surface area contributed by atoms with E-state index < -0.39 is 0 Å². The fourth-order valence-corrected chi connectivity index (χ4v) is 10.4. The summed E-state index contributed by atoms with van der Waals surface area (Å²) in [5.74, 6) is 0. The van der Waals surface area contributed by atoms with Crippen LogP contribution in [0.4, 0.5) is 0 Å². The lowest BCUT2D eigenvalue weighted by molar-refractivity contribution is 0.673. The van der Waals surface area contributed by atoms with Gasteiger partial charge >= 0.3 is 0 Å². The summed E-state index contributed by atoms with van der Waals surface area (Å²) in [6.07, 6.45) is 0. The van der Waals surface area contributed by atoms with Gasteiger partial charge in [0.25, 0.3) is 0 Å². The molecule has 0 atom stereocenters. The number of thiophene rings is 1. The minimum Gasteiger partial charge on any atom is -0.455 e. The monoisotopic (exact) mass is 702 g/mol. The highest BCUT2D eigenvalue weighted by molar-refractivity contribution is 7.26. The summed E-state index contributed by atoms with van der Waals surface area (Å²) in [6.45, 7) is 0. The summed E-state index contributed by atoms with van der Waals surface area (Å²) in [7, 11) is 0. The second kappa shape index (κ2) is 11.4. The van der Waals surface area contributed by atoms with E-state index in [1.165, 1.54) is 91.3 Å². The first-order chi connectivity index (χ1) is 26.8. The normalized spacial score (nSPS) is 12.1. The lowest BCUT2D eigenvalue weighted by Crippen LogP contribution is -1.91. The van der Waals surface area contributed by atoms with Gasteiger partial charge in [0.2, 0.25) is 0 Å². The van der Waals surface area contributed by atoms with Crippen molar-refractivity contribution in [2.24, 2.45) is 0 Å². The molecule has 0 aliphatic carbocycles. The van der Waals surface area contributed by atoms with E-state index in [1.54, 1.807) is 0 Å². The Balaban J connectivity index is 1.26. The van der Waals surface area contributed by atoms with Crippen molar-refractivity contribution >= 4 is 96.5 Å². The average molecular weight is 703 g/mol. The van der Waals surface area contributed by atoms with Crippen molar-refractivity contribution in [3.05, 3.63) is 182 Å². The molecule has 0 fully saturated rings. The van der Waals surface area contributed by atoms with Gasteiger partial charge in [-0.25, -0.2) is 0 Å². The molecule has 10 aromatic carbocycles. The molecule has 0 aliphatic heterocycles. The van der Waals surface area contributed by atoms with Gasteiger partial charge in [-0.1, -0.05) is 152 Å². The average Bonchev–Trinajstić information content (AvgIpc) is 3.82. The van der Waals surface area contributed by atoms with E-state index in [1.807, 2.05) is 11.3 Å². The van der Waals surface area contributed by atoms with Crippen molar-refractivity contribution in [3.63, 3.8) is 0 Å². The van der Waals surface area contributed by atoms with Gasteiger partial charge in [-0.05, 0) is 101 Å². The molecule has 1 nitrogen and oxygen atoms in total. The van der Waals surface area contributed by atoms with Crippen LogP contribution >= 0.6 is 11.3 Å². The van der Waals surface area contributed by atoms with Gasteiger partial charge in [0.15, 0.2) is 0 Å². The van der Waals surface area contributed by atoms with Gasteiger partial charge in [-0.3, -0.25) is 0 Å². The Morgan fingerprint density at radius 3 is 1.65 bits per heavy atom. The molecular weight excluding hydrogens is 673 g/mol. The van der Waals surface area contributed by atoms with Crippen LogP contribution in [0.3, 0.4) is 0 Å². The molecule has 0 saturated carbocycles. The highest BCUT2D eigenvalue weighted by Gasteiger charge is 2.22. The molecule has 250 valence electrons. The van der Waals surface area contributed by atoms with Gasteiger partial charge in [-0.15, -0.1) is 11.3 Å². The van der Waals surface area contributed by atoms with Crippen LogP contribution < -0.4 is 0 Å². The molecule has 12 rings (SSSR count). The Kier molecular flexibility index (Phi) is 6.28. The minimum absolute atomic E-state index is 0.909. The van der Waals surface area contributed by atoms with E-state index in [9.17, 15) is 0 Å². The maximum absolute atomic E-state index is 6.68. The van der Waals surface area contributed by atoms with Gasteiger partial charge in [0.1, 0.15) is 11.2 Å². The quantitative estimate of drug-likeness (QED) is 0.167. The lowest BCUT2D eigenvalue weighted by Gasteiger charge is -2.18. The van der Waals surface area contributed by atoms with Gasteiger partial charge in [0, 0.05) is 36.3 Å². The fourth-order valence-electron chi connectivity index (χ4n) is 9.10. The van der Waals surface area contributed by atoms with Gasteiger partial charge < -0.3 is 4.42 Å². The molecule has 0 amide bonds. The third kappa shape index (κ3) is 4.20. The van der Waals surface area contributed by atoms with Crippen LogP contribution in [-0.2, 0) is 0 Å². The number of para-hydroxylation sites is 1. The van der Waals surface area contributed by atoms with Crippen LogP contribution in [-0.4, -0.2) is 0 Å². The first-order valence-corrected chi connectivity index (χ1v) is 19.3. The highest BCUT2D eigenvalue weighted by Crippen LogP contribution is 2.49. The van der Waals surface area contributed by atoms with Crippen molar-refractivity contribution in [1.29, 1.82) is 0 Å². The van der Waals surface area contributed by atoms with Crippen LogP contribution in [0.15, 0.2) is 186 Å². The highest BCUT2D eigenvalue weighted by atomic mass is 32.1. The topological polar surface area (TPSA) is 13.1 Å². The predicted octanol–water partition coefficient (Wildman–Crippen LogP) is 15.6. The minimum atomic E-state index is 0.909. The first-order valence-electron chi connectivity index (χ1n) is 18.5. The summed E-state index contributed by atoms with van der Waals surface area (Å²) < 4.78 is 9.34. The molecule has 2 heterocycles. The Labute approximate surface area is 314 Å². The van der Waals surface area contributed by atoms with E-state index >= 15 is 0 Å². The molecular formula is C52H30OS. The molecule has 0 spiro atoms. The Bertz CT molecular complexity index is 3280. The summed E-state index contributed by atoms with van der Waals surface area (Å²) >= 11 is 1.90. The molecule has 0 N–H and O–H groups in total. The van der Waals surface area contributed by atoms with E-state index in [0.717, 1.165) is 27.3 Å². The van der Waals surface area contributed by atoms with E-state index in [0.29, 0.717) is 0 Å². The largest absolute Gasteiger partial charge is 0.455 e. The van der Waals surface area contributed by atoms with Crippen LogP contribution in [0.1, 0.15) is 0 Å². The van der Waals surface area contributed by atoms with Crippen molar-refractivity contribution in [2.75, 3.05) is 0 Å². The molecule has 0 unspecified atom stereocenters. The molecule has 0 radical (unpaired) electrons. The molecule has 2 heteroatoms. The van der Waals surface area contributed by atoms with Crippen LogP contribution in [0.5, 0.6) is 0 Å². The third-order valence-electron chi connectivity index (χ3n) is 11.4. The maximum atomic E-state index is 6.68. The summed E-state index contributed by atoms with van der Waals surface area (Å²) in [5, 5.41) is 14.8. The Morgan fingerprint density at radius 2 is 0.907 bits per heavy atom. The summed E-state index contributed by atoms with van der Waals surface area (Å²) in [6, 6.07) is 66.7. The van der Waals surface area contributed by atoms with E-state index in [-0.39, 0.29) is 0 Å². The fraction of sp³-hybridized carbons (Fsp3) is 0. The Hall–Kier alpha value is -6.74. The van der Waals surface area contributed by atoms with Gasteiger partial charge in [-0.2, -0.15) is 0 Å². The van der Waals surface area contributed by atoms with Crippen molar-refractivity contribution in [1.82, 2.24) is 0 Å².